The lowest BCUT2D eigenvalue weighted by Gasteiger charge is -2.10. The van der Waals surface area contributed by atoms with Crippen LogP contribution in [-0.2, 0) is 6.61 Å². The molecule has 0 atom stereocenters. The average Bonchev–Trinajstić information content (AvgIpc) is 2.40. The van der Waals surface area contributed by atoms with E-state index in [-0.39, 0.29) is 28.5 Å². The molecule has 0 amide bonds. The molecule has 2 rings (SSSR count). The molecule has 0 fully saturated rings. The Bertz CT molecular complexity index is 659. The second-order valence-electron chi connectivity index (χ2n) is 3.95. The number of ether oxygens (including phenoxy) is 1. The minimum Gasteiger partial charge on any atom is -0.486 e. The van der Waals surface area contributed by atoms with E-state index in [1.807, 2.05) is 0 Å². The highest BCUT2D eigenvalue weighted by Gasteiger charge is 2.13. The fourth-order valence-corrected chi connectivity index (χ4v) is 1.81. The van der Waals surface area contributed by atoms with Crippen LogP contribution in [0, 0.1) is 11.6 Å². The van der Waals surface area contributed by atoms with Gasteiger partial charge >= 0.3 is 5.97 Å². The highest BCUT2D eigenvalue weighted by Crippen LogP contribution is 2.25. The van der Waals surface area contributed by atoms with Crippen molar-refractivity contribution in [2.24, 2.45) is 0 Å². The van der Waals surface area contributed by atoms with Crippen LogP contribution in [0.4, 0.5) is 8.78 Å². The first-order chi connectivity index (χ1) is 9.49. The van der Waals surface area contributed by atoms with E-state index in [9.17, 15) is 13.6 Å². The van der Waals surface area contributed by atoms with Crippen molar-refractivity contribution in [1.82, 2.24) is 0 Å². The van der Waals surface area contributed by atoms with Crippen molar-refractivity contribution < 1.29 is 23.4 Å². The lowest BCUT2D eigenvalue weighted by atomic mass is 10.1. The molecular formula is C14H9ClF2O3. The summed E-state index contributed by atoms with van der Waals surface area (Å²) in [5.74, 6) is -2.68. The predicted molar refractivity (Wildman–Crippen MR) is 69.1 cm³/mol. The van der Waals surface area contributed by atoms with Crippen LogP contribution < -0.4 is 4.74 Å². The quantitative estimate of drug-likeness (QED) is 0.931. The highest BCUT2D eigenvalue weighted by atomic mass is 35.5. The van der Waals surface area contributed by atoms with Gasteiger partial charge in [0.25, 0.3) is 0 Å². The summed E-state index contributed by atoms with van der Waals surface area (Å²) in [6.45, 7) is -0.281. The molecule has 0 heterocycles. The minimum atomic E-state index is -1.21. The van der Waals surface area contributed by atoms with Crippen LogP contribution in [0.1, 0.15) is 15.9 Å². The third-order valence-corrected chi connectivity index (χ3v) is 2.89. The fraction of sp³-hybridized carbons (Fsp3) is 0.0714. The van der Waals surface area contributed by atoms with Crippen molar-refractivity contribution in [2.75, 3.05) is 0 Å². The Balaban J connectivity index is 2.24. The van der Waals surface area contributed by atoms with Crippen LogP contribution in [0.25, 0.3) is 0 Å². The second kappa shape index (κ2) is 5.88. The van der Waals surface area contributed by atoms with Crippen LogP contribution in [0.15, 0.2) is 36.4 Å². The van der Waals surface area contributed by atoms with Gasteiger partial charge in [-0.15, -0.1) is 0 Å². The van der Waals surface area contributed by atoms with Crippen molar-refractivity contribution in [2.45, 2.75) is 6.61 Å². The fourth-order valence-electron chi connectivity index (χ4n) is 1.64. The first-order valence-electron chi connectivity index (χ1n) is 5.57. The highest BCUT2D eigenvalue weighted by molar-refractivity contribution is 6.30. The maximum absolute atomic E-state index is 13.6. The number of carbonyl (C=O) groups is 1. The van der Waals surface area contributed by atoms with Gasteiger partial charge < -0.3 is 9.84 Å². The Morgan fingerprint density at radius 3 is 2.70 bits per heavy atom. The van der Waals surface area contributed by atoms with Gasteiger partial charge in [-0.05, 0) is 30.3 Å². The van der Waals surface area contributed by atoms with E-state index in [1.165, 1.54) is 18.2 Å². The first kappa shape index (κ1) is 14.3. The molecule has 1 N–H and O–H groups in total. The molecular weight excluding hydrogens is 290 g/mol. The molecule has 2 aromatic carbocycles. The summed E-state index contributed by atoms with van der Waals surface area (Å²) in [4.78, 5) is 11.0. The maximum atomic E-state index is 13.6. The zero-order valence-electron chi connectivity index (χ0n) is 10.1. The lowest BCUT2D eigenvalue weighted by Crippen LogP contribution is -2.06. The number of hydrogen-bond acceptors (Lipinski definition) is 2. The molecule has 0 saturated carbocycles. The molecule has 0 spiro atoms. The number of hydrogen-bond donors (Lipinski definition) is 1. The van der Waals surface area contributed by atoms with E-state index in [2.05, 4.69) is 0 Å². The molecule has 0 aliphatic heterocycles. The van der Waals surface area contributed by atoms with Crippen molar-refractivity contribution >= 4 is 17.6 Å². The number of aromatic carboxylic acids is 1. The van der Waals surface area contributed by atoms with Gasteiger partial charge in [-0.1, -0.05) is 17.7 Å². The topological polar surface area (TPSA) is 46.5 Å². The Labute approximate surface area is 118 Å². The minimum absolute atomic E-state index is 0.103. The van der Waals surface area contributed by atoms with Crippen LogP contribution in [0.2, 0.25) is 5.02 Å². The van der Waals surface area contributed by atoms with E-state index < -0.39 is 17.6 Å². The van der Waals surface area contributed by atoms with E-state index in [0.717, 1.165) is 18.2 Å². The molecule has 104 valence electrons. The molecule has 2 aromatic rings. The summed E-state index contributed by atoms with van der Waals surface area (Å²) in [7, 11) is 0. The van der Waals surface area contributed by atoms with Gasteiger partial charge in [0.05, 0.1) is 10.6 Å². The van der Waals surface area contributed by atoms with E-state index >= 15 is 0 Å². The molecule has 0 aliphatic carbocycles. The van der Waals surface area contributed by atoms with Crippen molar-refractivity contribution in [3.05, 3.63) is 64.2 Å². The third kappa shape index (κ3) is 3.05. The molecule has 3 nitrogen and oxygen atoms in total. The van der Waals surface area contributed by atoms with E-state index in [4.69, 9.17) is 21.4 Å². The number of rotatable bonds is 4. The van der Waals surface area contributed by atoms with Crippen molar-refractivity contribution in [3.8, 4) is 5.75 Å². The van der Waals surface area contributed by atoms with Gasteiger partial charge in [0.2, 0.25) is 0 Å². The molecule has 0 radical (unpaired) electrons. The Kier molecular flexibility index (Phi) is 4.20. The third-order valence-electron chi connectivity index (χ3n) is 2.60. The van der Waals surface area contributed by atoms with Crippen LogP contribution in [0.3, 0.4) is 0 Å². The van der Waals surface area contributed by atoms with Crippen molar-refractivity contribution in [1.29, 1.82) is 0 Å². The zero-order chi connectivity index (χ0) is 14.7. The molecule has 0 bridgehead atoms. The van der Waals surface area contributed by atoms with Gasteiger partial charge in [0.15, 0.2) is 11.6 Å². The summed E-state index contributed by atoms with van der Waals surface area (Å²) in [6.07, 6.45) is 0. The van der Waals surface area contributed by atoms with E-state index in [1.54, 1.807) is 0 Å². The van der Waals surface area contributed by atoms with Gasteiger partial charge in [0.1, 0.15) is 12.4 Å². The van der Waals surface area contributed by atoms with Gasteiger partial charge in [-0.3, -0.25) is 0 Å². The molecule has 0 unspecified atom stereocenters. The van der Waals surface area contributed by atoms with Gasteiger partial charge in [-0.25, -0.2) is 13.6 Å². The van der Waals surface area contributed by atoms with Gasteiger partial charge in [0, 0.05) is 5.56 Å². The molecule has 0 aromatic heterocycles. The standard InChI is InChI=1S/C14H9ClF2O3/c15-11-2-1-3-12(13(11)17)20-7-8-6-9(16)4-5-10(8)14(18)19/h1-6H,7H2,(H,18,19). The summed E-state index contributed by atoms with van der Waals surface area (Å²) < 4.78 is 31.9. The molecule has 6 heteroatoms. The maximum Gasteiger partial charge on any atom is 0.336 e. The summed E-state index contributed by atoms with van der Waals surface area (Å²) in [6, 6.07) is 7.39. The smallest absolute Gasteiger partial charge is 0.336 e. The number of carboxylic acid groups (broad SMARTS) is 1. The lowest BCUT2D eigenvalue weighted by molar-refractivity contribution is 0.0694. The van der Waals surface area contributed by atoms with Crippen LogP contribution >= 0.6 is 11.6 Å². The van der Waals surface area contributed by atoms with Crippen LogP contribution in [0.5, 0.6) is 5.75 Å². The van der Waals surface area contributed by atoms with E-state index in [0.29, 0.717) is 0 Å². The monoisotopic (exact) mass is 298 g/mol. The normalized spacial score (nSPS) is 10.3. The summed E-state index contributed by atoms with van der Waals surface area (Å²) in [5.41, 5.74) is 0.00529. The Hall–Kier alpha value is -2.14. The first-order valence-corrected chi connectivity index (χ1v) is 5.95. The molecule has 0 aliphatic rings. The summed E-state index contributed by atoms with van der Waals surface area (Å²) in [5, 5.41) is 8.87. The largest absolute Gasteiger partial charge is 0.486 e. The number of carboxylic acids is 1. The average molecular weight is 299 g/mol. The zero-order valence-corrected chi connectivity index (χ0v) is 10.8. The number of benzene rings is 2. The van der Waals surface area contributed by atoms with Crippen molar-refractivity contribution in [3.63, 3.8) is 0 Å². The number of halogens is 3. The molecule has 0 saturated heterocycles. The summed E-state index contributed by atoms with van der Waals surface area (Å²) >= 11 is 5.59. The Morgan fingerprint density at radius 2 is 2.00 bits per heavy atom. The SMILES string of the molecule is O=C(O)c1ccc(F)cc1COc1cccc(Cl)c1F. The Morgan fingerprint density at radius 1 is 1.25 bits per heavy atom. The predicted octanol–water partition coefficient (Wildman–Crippen LogP) is 3.90. The van der Waals surface area contributed by atoms with Gasteiger partial charge in [-0.2, -0.15) is 0 Å². The second-order valence-corrected chi connectivity index (χ2v) is 4.35. The molecule has 20 heavy (non-hydrogen) atoms. The van der Waals surface area contributed by atoms with Crippen LogP contribution in [-0.4, -0.2) is 11.1 Å².